The average Bonchev–Trinajstić information content (AvgIpc) is 2.60. The van der Waals surface area contributed by atoms with Gasteiger partial charge in [-0.2, -0.15) is 0 Å². The lowest BCUT2D eigenvalue weighted by molar-refractivity contribution is -0.384. The van der Waals surface area contributed by atoms with Crippen LogP contribution in [0.15, 0.2) is 42.5 Å². The summed E-state index contributed by atoms with van der Waals surface area (Å²) in [7, 11) is 0. The minimum Gasteiger partial charge on any atom is -0.298 e. The number of carbonyl (C=O) groups excluding carboxylic acids is 2. The predicted octanol–water partition coefficient (Wildman–Crippen LogP) is 2.85. The van der Waals surface area contributed by atoms with E-state index in [1.54, 1.807) is 12.1 Å². The normalized spacial score (nSPS) is 9.92. The van der Waals surface area contributed by atoms with Gasteiger partial charge < -0.3 is 0 Å². The van der Waals surface area contributed by atoms with Crippen molar-refractivity contribution in [1.82, 2.24) is 16.2 Å². The highest BCUT2D eigenvalue weighted by atomic mass is 35.5. The third-order valence-electron chi connectivity index (χ3n) is 3.03. The van der Waals surface area contributed by atoms with E-state index in [2.05, 4.69) is 16.2 Å². The molecule has 8 nitrogen and oxygen atoms in total. The SMILES string of the molecule is O=C(NNC(=S)NC(=O)c1ccc([N+](=O)[O-])cc1Cl)c1ccc(Cl)cc1. The van der Waals surface area contributed by atoms with Gasteiger partial charge in [0.1, 0.15) is 0 Å². The van der Waals surface area contributed by atoms with E-state index >= 15 is 0 Å². The van der Waals surface area contributed by atoms with Gasteiger partial charge in [-0.05, 0) is 42.5 Å². The highest BCUT2D eigenvalue weighted by molar-refractivity contribution is 7.80. The Morgan fingerprint density at radius 3 is 2.23 bits per heavy atom. The molecule has 0 radical (unpaired) electrons. The molecule has 2 aromatic rings. The molecular weight excluding hydrogens is 403 g/mol. The predicted molar refractivity (Wildman–Crippen MR) is 100 cm³/mol. The fourth-order valence-electron chi connectivity index (χ4n) is 1.79. The van der Waals surface area contributed by atoms with Crippen molar-refractivity contribution in [2.45, 2.75) is 0 Å². The molecule has 134 valence electrons. The first kappa shape index (κ1) is 19.6. The number of amides is 2. The summed E-state index contributed by atoms with van der Waals surface area (Å²) in [5.41, 5.74) is 4.74. The van der Waals surface area contributed by atoms with Crippen LogP contribution in [0, 0.1) is 10.1 Å². The third-order valence-corrected chi connectivity index (χ3v) is 3.80. The molecule has 0 heterocycles. The van der Waals surface area contributed by atoms with Crippen LogP contribution in [0.3, 0.4) is 0 Å². The number of nitrogens with one attached hydrogen (secondary N) is 3. The van der Waals surface area contributed by atoms with Gasteiger partial charge in [-0.25, -0.2) is 0 Å². The van der Waals surface area contributed by atoms with Crippen LogP contribution >= 0.6 is 35.4 Å². The van der Waals surface area contributed by atoms with Crippen molar-refractivity contribution in [3.05, 3.63) is 73.8 Å². The molecule has 2 amide bonds. The van der Waals surface area contributed by atoms with E-state index in [1.165, 1.54) is 18.2 Å². The monoisotopic (exact) mass is 412 g/mol. The zero-order chi connectivity index (χ0) is 19.3. The quantitative estimate of drug-likeness (QED) is 0.405. The second-order valence-electron chi connectivity index (χ2n) is 4.79. The zero-order valence-electron chi connectivity index (χ0n) is 12.8. The van der Waals surface area contributed by atoms with Crippen LogP contribution in [0.2, 0.25) is 10.0 Å². The molecule has 0 saturated carbocycles. The molecule has 0 unspecified atom stereocenters. The van der Waals surface area contributed by atoms with Crippen LogP contribution in [0.5, 0.6) is 0 Å². The van der Waals surface area contributed by atoms with Gasteiger partial charge in [0.05, 0.1) is 15.5 Å². The first-order valence-corrected chi connectivity index (χ1v) is 8.05. The van der Waals surface area contributed by atoms with Crippen molar-refractivity contribution in [2.24, 2.45) is 0 Å². The van der Waals surface area contributed by atoms with Gasteiger partial charge in [0.25, 0.3) is 17.5 Å². The highest BCUT2D eigenvalue weighted by Crippen LogP contribution is 2.22. The molecule has 2 rings (SSSR count). The maximum Gasteiger partial charge on any atom is 0.270 e. The van der Waals surface area contributed by atoms with Crippen molar-refractivity contribution < 1.29 is 14.5 Å². The topological polar surface area (TPSA) is 113 Å². The van der Waals surface area contributed by atoms with E-state index in [4.69, 9.17) is 35.4 Å². The van der Waals surface area contributed by atoms with E-state index in [-0.39, 0.29) is 21.4 Å². The van der Waals surface area contributed by atoms with Gasteiger partial charge >= 0.3 is 0 Å². The standard InChI is InChI=1S/C15H10Cl2N4O4S/c16-9-3-1-8(2-4-9)13(22)19-20-15(26)18-14(23)11-6-5-10(21(24)25)7-12(11)17/h1-7H,(H,19,22)(H2,18,20,23,26). The van der Waals surface area contributed by atoms with Crippen LogP contribution in [-0.2, 0) is 0 Å². The highest BCUT2D eigenvalue weighted by Gasteiger charge is 2.16. The number of hydrogen-bond acceptors (Lipinski definition) is 5. The van der Waals surface area contributed by atoms with Gasteiger partial charge in [-0.1, -0.05) is 23.2 Å². The zero-order valence-corrected chi connectivity index (χ0v) is 15.1. The molecule has 3 N–H and O–H groups in total. The third kappa shape index (κ3) is 5.12. The number of hydrogen-bond donors (Lipinski definition) is 3. The Labute approximate surface area is 162 Å². The number of non-ortho nitro benzene ring substituents is 1. The van der Waals surface area contributed by atoms with Crippen LogP contribution < -0.4 is 16.2 Å². The Kier molecular flexibility index (Phi) is 6.45. The van der Waals surface area contributed by atoms with E-state index in [9.17, 15) is 19.7 Å². The van der Waals surface area contributed by atoms with E-state index in [0.29, 0.717) is 10.6 Å². The Balaban J connectivity index is 1.93. The number of nitro benzene ring substituents is 1. The fourth-order valence-corrected chi connectivity index (χ4v) is 2.32. The molecule has 0 atom stereocenters. The number of nitrogens with zero attached hydrogens (tertiary/aromatic N) is 1. The molecule has 0 aliphatic rings. The summed E-state index contributed by atoms with van der Waals surface area (Å²) in [5.74, 6) is -1.19. The van der Waals surface area contributed by atoms with E-state index in [0.717, 1.165) is 12.1 Å². The summed E-state index contributed by atoms with van der Waals surface area (Å²) < 4.78 is 0. The van der Waals surface area contributed by atoms with Crippen LogP contribution in [0.1, 0.15) is 20.7 Å². The Morgan fingerprint density at radius 2 is 1.65 bits per heavy atom. The summed E-state index contributed by atoms with van der Waals surface area (Å²) >= 11 is 16.5. The van der Waals surface area contributed by atoms with Crippen LogP contribution in [0.25, 0.3) is 0 Å². The second kappa shape index (κ2) is 8.56. The van der Waals surface area contributed by atoms with Crippen molar-refractivity contribution in [2.75, 3.05) is 0 Å². The first-order chi connectivity index (χ1) is 12.3. The Bertz CT molecular complexity index is 890. The summed E-state index contributed by atoms with van der Waals surface area (Å²) in [6.07, 6.45) is 0. The number of carbonyl (C=O) groups is 2. The van der Waals surface area contributed by atoms with Crippen molar-refractivity contribution in [3.8, 4) is 0 Å². The number of thiocarbonyl (C=S) groups is 1. The first-order valence-electron chi connectivity index (χ1n) is 6.89. The molecule has 26 heavy (non-hydrogen) atoms. The molecule has 0 spiro atoms. The van der Waals surface area contributed by atoms with Gasteiger partial charge in [0.15, 0.2) is 5.11 Å². The summed E-state index contributed by atoms with van der Waals surface area (Å²) in [6, 6.07) is 9.51. The maximum atomic E-state index is 12.1. The lowest BCUT2D eigenvalue weighted by Gasteiger charge is -2.11. The van der Waals surface area contributed by atoms with Crippen LogP contribution in [0.4, 0.5) is 5.69 Å². The van der Waals surface area contributed by atoms with Crippen LogP contribution in [-0.4, -0.2) is 21.9 Å². The molecular formula is C15H10Cl2N4O4S. The number of nitro groups is 1. The van der Waals surface area contributed by atoms with Gasteiger partial charge in [0, 0.05) is 22.7 Å². The Morgan fingerprint density at radius 1 is 1.00 bits per heavy atom. The van der Waals surface area contributed by atoms with Gasteiger partial charge in [0.2, 0.25) is 0 Å². The molecule has 0 bridgehead atoms. The summed E-state index contributed by atoms with van der Waals surface area (Å²) in [6.45, 7) is 0. The lowest BCUT2D eigenvalue weighted by Crippen LogP contribution is -2.48. The van der Waals surface area contributed by atoms with Crippen molar-refractivity contribution in [1.29, 1.82) is 0 Å². The van der Waals surface area contributed by atoms with Crippen molar-refractivity contribution >= 4 is 58.0 Å². The van der Waals surface area contributed by atoms with E-state index < -0.39 is 16.7 Å². The van der Waals surface area contributed by atoms with Crippen molar-refractivity contribution in [3.63, 3.8) is 0 Å². The largest absolute Gasteiger partial charge is 0.298 e. The van der Waals surface area contributed by atoms with Gasteiger partial charge in [-0.3, -0.25) is 35.9 Å². The van der Waals surface area contributed by atoms with Gasteiger partial charge in [-0.15, -0.1) is 0 Å². The minimum atomic E-state index is -0.692. The molecule has 2 aromatic carbocycles. The van der Waals surface area contributed by atoms with E-state index in [1.807, 2.05) is 0 Å². The Hall–Kier alpha value is -2.75. The maximum absolute atomic E-state index is 12.1. The number of benzene rings is 2. The lowest BCUT2D eigenvalue weighted by atomic mass is 10.2. The molecule has 0 fully saturated rings. The molecule has 0 saturated heterocycles. The number of hydrazine groups is 1. The molecule has 0 aliphatic carbocycles. The number of halogens is 2. The molecule has 11 heteroatoms. The average molecular weight is 413 g/mol. The molecule has 0 aliphatic heterocycles. The minimum absolute atomic E-state index is 0.00885. The number of rotatable bonds is 3. The fraction of sp³-hybridized carbons (Fsp3) is 0. The summed E-state index contributed by atoms with van der Waals surface area (Å²) in [5, 5.41) is 13.1. The smallest absolute Gasteiger partial charge is 0.270 e. The second-order valence-corrected chi connectivity index (χ2v) is 6.04. The summed E-state index contributed by atoms with van der Waals surface area (Å²) in [4.78, 5) is 34.0. The molecule has 0 aromatic heterocycles.